The monoisotopic (exact) mass is 297 g/mol. The SMILES string of the molecule is COc1ccc(OC)c(CNCc2ccc(Cl)s2)c1. The number of nitrogens with one attached hydrogen (secondary N) is 1. The molecule has 0 aliphatic heterocycles. The summed E-state index contributed by atoms with van der Waals surface area (Å²) >= 11 is 7.49. The Balaban J connectivity index is 1.98. The van der Waals surface area contributed by atoms with Crippen LogP contribution in [0.4, 0.5) is 0 Å². The minimum absolute atomic E-state index is 0.718. The Kier molecular flexibility index (Phi) is 5.07. The van der Waals surface area contributed by atoms with E-state index in [1.165, 1.54) is 4.88 Å². The van der Waals surface area contributed by atoms with Gasteiger partial charge in [0.1, 0.15) is 11.5 Å². The average Bonchev–Trinajstić information content (AvgIpc) is 2.84. The molecule has 0 aliphatic rings. The Hall–Kier alpha value is -1.23. The molecule has 0 unspecified atom stereocenters. The Morgan fingerprint density at radius 2 is 1.95 bits per heavy atom. The second kappa shape index (κ2) is 6.80. The molecule has 2 rings (SSSR count). The van der Waals surface area contributed by atoms with Crippen LogP contribution in [-0.2, 0) is 13.1 Å². The van der Waals surface area contributed by atoms with Crippen LogP contribution in [-0.4, -0.2) is 14.2 Å². The van der Waals surface area contributed by atoms with E-state index < -0.39 is 0 Å². The third kappa shape index (κ3) is 3.86. The smallest absolute Gasteiger partial charge is 0.123 e. The van der Waals surface area contributed by atoms with Crippen molar-refractivity contribution < 1.29 is 9.47 Å². The summed E-state index contributed by atoms with van der Waals surface area (Å²) in [6.07, 6.45) is 0. The van der Waals surface area contributed by atoms with Crippen LogP contribution in [0.3, 0.4) is 0 Å². The molecule has 1 heterocycles. The van der Waals surface area contributed by atoms with Crippen LogP contribution in [0.5, 0.6) is 11.5 Å². The van der Waals surface area contributed by atoms with E-state index in [1.807, 2.05) is 30.3 Å². The molecule has 0 aliphatic carbocycles. The van der Waals surface area contributed by atoms with Gasteiger partial charge in [-0.2, -0.15) is 0 Å². The summed E-state index contributed by atoms with van der Waals surface area (Å²) in [6.45, 7) is 1.51. The number of ether oxygens (including phenoxy) is 2. The van der Waals surface area contributed by atoms with Crippen molar-refractivity contribution in [3.05, 3.63) is 45.1 Å². The zero-order valence-corrected chi connectivity index (χ0v) is 12.5. The fraction of sp³-hybridized carbons (Fsp3) is 0.286. The zero-order valence-electron chi connectivity index (χ0n) is 10.9. The number of hydrogen-bond donors (Lipinski definition) is 1. The summed E-state index contributed by atoms with van der Waals surface area (Å²) in [5, 5.41) is 3.37. The molecule has 0 saturated heterocycles. The quantitative estimate of drug-likeness (QED) is 0.882. The maximum absolute atomic E-state index is 5.90. The molecular weight excluding hydrogens is 282 g/mol. The van der Waals surface area contributed by atoms with E-state index >= 15 is 0 Å². The highest BCUT2D eigenvalue weighted by atomic mass is 35.5. The van der Waals surface area contributed by atoms with Gasteiger partial charge in [-0.05, 0) is 30.3 Å². The van der Waals surface area contributed by atoms with Gasteiger partial charge in [0, 0.05) is 23.5 Å². The summed E-state index contributed by atoms with van der Waals surface area (Å²) in [4.78, 5) is 1.21. The summed E-state index contributed by atoms with van der Waals surface area (Å²) in [6, 6.07) is 9.73. The summed E-state index contributed by atoms with van der Waals surface area (Å²) < 4.78 is 11.4. The summed E-state index contributed by atoms with van der Waals surface area (Å²) in [5.74, 6) is 1.69. The van der Waals surface area contributed by atoms with Crippen molar-refractivity contribution in [2.24, 2.45) is 0 Å². The number of rotatable bonds is 6. The fourth-order valence-corrected chi connectivity index (χ4v) is 2.84. The van der Waals surface area contributed by atoms with Crippen LogP contribution in [0.15, 0.2) is 30.3 Å². The highest BCUT2D eigenvalue weighted by Crippen LogP contribution is 2.24. The molecule has 102 valence electrons. The lowest BCUT2D eigenvalue weighted by atomic mass is 10.2. The van der Waals surface area contributed by atoms with E-state index in [0.717, 1.165) is 34.5 Å². The molecule has 0 bridgehead atoms. The first-order chi connectivity index (χ1) is 9.22. The molecule has 0 fully saturated rings. The minimum Gasteiger partial charge on any atom is -0.497 e. The van der Waals surface area contributed by atoms with Crippen molar-refractivity contribution in [1.29, 1.82) is 0 Å². The number of methoxy groups -OCH3 is 2. The molecule has 0 atom stereocenters. The Labute approximate surface area is 122 Å². The van der Waals surface area contributed by atoms with Gasteiger partial charge in [0.05, 0.1) is 18.6 Å². The highest BCUT2D eigenvalue weighted by molar-refractivity contribution is 7.16. The van der Waals surface area contributed by atoms with Crippen molar-refractivity contribution in [3.8, 4) is 11.5 Å². The summed E-state index contributed by atoms with van der Waals surface area (Å²) in [5.41, 5.74) is 1.07. The van der Waals surface area contributed by atoms with Gasteiger partial charge in [0.25, 0.3) is 0 Å². The van der Waals surface area contributed by atoms with E-state index in [1.54, 1.807) is 25.6 Å². The van der Waals surface area contributed by atoms with Gasteiger partial charge in [0.2, 0.25) is 0 Å². The van der Waals surface area contributed by atoms with Gasteiger partial charge in [-0.1, -0.05) is 11.6 Å². The molecule has 1 N–H and O–H groups in total. The van der Waals surface area contributed by atoms with Crippen molar-refractivity contribution in [1.82, 2.24) is 5.32 Å². The maximum Gasteiger partial charge on any atom is 0.123 e. The van der Waals surface area contributed by atoms with Crippen LogP contribution in [0.25, 0.3) is 0 Å². The molecule has 1 aromatic carbocycles. The number of thiophene rings is 1. The van der Waals surface area contributed by atoms with Crippen LogP contribution in [0, 0.1) is 0 Å². The minimum atomic E-state index is 0.718. The van der Waals surface area contributed by atoms with E-state index in [0.29, 0.717) is 0 Å². The Morgan fingerprint density at radius 3 is 2.58 bits per heavy atom. The van der Waals surface area contributed by atoms with E-state index in [2.05, 4.69) is 5.32 Å². The highest BCUT2D eigenvalue weighted by Gasteiger charge is 2.05. The van der Waals surface area contributed by atoms with E-state index in [-0.39, 0.29) is 0 Å². The second-order valence-corrected chi connectivity index (χ2v) is 5.79. The predicted molar refractivity (Wildman–Crippen MR) is 79.4 cm³/mol. The summed E-state index contributed by atoms with van der Waals surface area (Å²) in [7, 11) is 3.33. The molecule has 2 aromatic rings. The van der Waals surface area contributed by atoms with Gasteiger partial charge >= 0.3 is 0 Å². The molecule has 1 aromatic heterocycles. The van der Waals surface area contributed by atoms with Gasteiger partial charge in [-0.25, -0.2) is 0 Å². The molecule has 5 heteroatoms. The third-order valence-electron chi connectivity index (χ3n) is 2.73. The number of halogens is 1. The average molecular weight is 298 g/mol. The third-order valence-corrected chi connectivity index (χ3v) is 3.96. The van der Waals surface area contributed by atoms with Crippen molar-refractivity contribution >= 4 is 22.9 Å². The number of benzene rings is 1. The molecule has 0 saturated carbocycles. The molecular formula is C14H16ClNO2S. The van der Waals surface area contributed by atoms with Crippen molar-refractivity contribution in [2.75, 3.05) is 14.2 Å². The first kappa shape index (κ1) is 14.2. The zero-order chi connectivity index (χ0) is 13.7. The normalized spacial score (nSPS) is 10.5. The fourth-order valence-electron chi connectivity index (χ4n) is 1.79. The van der Waals surface area contributed by atoms with Gasteiger partial charge in [-0.3, -0.25) is 0 Å². The Morgan fingerprint density at radius 1 is 1.11 bits per heavy atom. The lowest BCUT2D eigenvalue weighted by Gasteiger charge is -2.11. The molecule has 0 radical (unpaired) electrons. The topological polar surface area (TPSA) is 30.5 Å². The molecule has 0 amide bonds. The lowest BCUT2D eigenvalue weighted by molar-refractivity contribution is 0.397. The van der Waals surface area contributed by atoms with E-state index in [4.69, 9.17) is 21.1 Å². The first-order valence-electron chi connectivity index (χ1n) is 5.88. The van der Waals surface area contributed by atoms with Gasteiger partial charge < -0.3 is 14.8 Å². The van der Waals surface area contributed by atoms with Crippen LogP contribution in [0.1, 0.15) is 10.4 Å². The van der Waals surface area contributed by atoms with E-state index in [9.17, 15) is 0 Å². The molecule has 3 nitrogen and oxygen atoms in total. The second-order valence-electron chi connectivity index (χ2n) is 3.99. The van der Waals surface area contributed by atoms with Crippen molar-refractivity contribution in [3.63, 3.8) is 0 Å². The predicted octanol–water partition coefficient (Wildman–Crippen LogP) is 3.71. The van der Waals surface area contributed by atoms with Gasteiger partial charge in [-0.15, -0.1) is 11.3 Å². The Bertz CT molecular complexity index is 542. The van der Waals surface area contributed by atoms with Crippen LogP contribution >= 0.6 is 22.9 Å². The number of hydrogen-bond acceptors (Lipinski definition) is 4. The van der Waals surface area contributed by atoms with Crippen molar-refractivity contribution in [2.45, 2.75) is 13.1 Å². The standard InChI is InChI=1S/C14H16ClNO2S/c1-17-11-3-5-13(18-2)10(7-11)8-16-9-12-4-6-14(15)19-12/h3-7,16H,8-9H2,1-2H3. The first-order valence-corrected chi connectivity index (χ1v) is 7.08. The van der Waals surface area contributed by atoms with Crippen LogP contribution in [0.2, 0.25) is 4.34 Å². The molecule has 0 spiro atoms. The van der Waals surface area contributed by atoms with Crippen LogP contribution < -0.4 is 14.8 Å². The lowest BCUT2D eigenvalue weighted by Crippen LogP contribution is -2.12. The molecule has 19 heavy (non-hydrogen) atoms. The maximum atomic E-state index is 5.90. The van der Waals surface area contributed by atoms with Gasteiger partial charge in [0.15, 0.2) is 0 Å². The largest absolute Gasteiger partial charge is 0.497 e.